The summed E-state index contributed by atoms with van der Waals surface area (Å²) in [6, 6.07) is 22.9. The van der Waals surface area contributed by atoms with Gasteiger partial charge in [-0.15, -0.1) is 0 Å². The van der Waals surface area contributed by atoms with E-state index in [1.54, 1.807) is 14.2 Å². The van der Waals surface area contributed by atoms with Crippen molar-refractivity contribution in [1.29, 1.82) is 0 Å². The lowest BCUT2D eigenvalue weighted by atomic mass is 9.67. The van der Waals surface area contributed by atoms with Crippen LogP contribution in [0.2, 0.25) is 0 Å². The van der Waals surface area contributed by atoms with Crippen molar-refractivity contribution >= 4 is 5.71 Å². The molecule has 4 aromatic rings. The number of aromatic nitrogens is 2. The summed E-state index contributed by atoms with van der Waals surface area (Å²) in [5.74, 6) is 1.43. The van der Waals surface area contributed by atoms with Crippen LogP contribution in [0.5, 0.6) is 11.5 Å². The van der Waals surface area contributed by atoms with Crippen LogP contribution in [0, 0.1) is 0 Å². The topological polar surface area (TPSA) is 56.6 Å². The number of ether oxygens (including phenoxy) is 2. The third-order valence-electron chi connectivity index (χ3n) is 6.52. The number of rotatable bonds is 7. The van der Waals surface area contributed by atoms with Crippen molar-refractivity contribution in [2.45, 2.75) is 18.3 Å². The Labute approximate surface area is 200 Å². The lowest BCUT2D eigenvalue weighted by Crippen LogP contribution is -2.40. The Morgan fingerprint density at radius 3 is 1.85 bits per heavy atom. The van der Waals surface area contributed by atoms with Gasteiger partial charge in [-0.25, -0.2) is 0 Å². The van der Waals surface area contributed by atoms with Gasteiger partial charge in [-0.2, -0.15) is 0 Å². The predicted molar refractivity (Wildman–Crippen MR) is 134 cm³/mol. The highest BCUT2D eigenvalue weighted by Crippen LogP contribution is 2.43. The highest BCUT2D eigenvalue weighted by Gasteiger charge is 2.39. The molecule has 0 atom stereocenters. The maximum absolute atomic E-state index is 5.75. The minimum absolute atomic E-state index is 0.268. The zero-order valence-corrected chi connectivity index (χ0v) is 19.4. The van der Waals surface area contributed by atoms with Crippen molar-refractivity contribution in [3.63, 3.8) is 0 Å². The van der Waals surface area contributed by atoms with E-state index in [2.05, 4.69) is 58.5 Å². The minimum Gasteiger partial charge on any atom is -0.493 e. The van der Waals surface area contributed by atoms with Gasteiger partial charge in [-0.3, -0.25) is 15.0 Å². The molecule has 0 saturated heterocycles. The average Bonchev–Trinajstić information content (AvgIpc) is 2.90. The molecule has 0 amide bonds. The van der Waals surface area contributed by atoms with Crippen LogP contribution in [-0.2, 0) is 18.3 Å². The third-order valence-corrected chi connectivity index (χ3v) is 6.52. The molecule has 5 nitrogen and oxygen atoms in total. The maximum Gasteiger partial charge on any atom is 0.161 e. The minimum atomic E-state index is -0.268. The van der Waals surface area contributed by atoms with E-state index in [0.29, 0.717) is 12.3 Å². The first-order chi connectivity index (χ1) is 16.7. The largest absolute Gasteiger partial charge is 0.493 e. The Balaban J connectivity index is 1.73. The Morgan fingerprint density at radius 2 is 1.29 bits per heavy atom. The van der Waals surface area contributed by atoms with Crippen molar-refractivity contribution in [2.24, 2.45) is 4.99 Å². The Hall–Kier alpha value is -3.99. The number of methoxy groups -OCH3 is 2. The Morgan fingerprint density at radius 1 is 0.735 bits per heavy atom. The molecule has 3 heterocycles. The highest BCUT2D eigenvalue weighted by atomic mass is 16.5. The first kappa shape index (κ1) is 21.8. The molecule has 0 N–H and O–H groups in total. The summed E-state index contributed by atoms with van der Waals surface area (Å²) in [6.07, 6.45) is 9.07. The van der Waals surface area contributed by atoms with E-state index in [9.17, 15) is 0 Å². The van der Waals surface area contributed by atoms with Crippen LogP contribution < -0.4 is 9.47 Å². The van der Waals surface area contributed by atoms with Gasteiger partial charge in [0.15, 0.2) is 11.5 Å². The Kier molecular flexibility index (Phi) is 6.09. The van der Waals surface area contributed by atoms with Crippen molar-refractivity contribution in [3.05, 3.63) is 119 Å². The fraction of sp³-hybridized carbons (Fsp3) is 0.207. The van der Waals surface area contributed by atoms with Gasteiger partial charge < -0.3 is 9.47 Å². The lowest BCUT2D eigenvalue weighted by molar-refractivity contribution is 0.350. The van der Waals surface area contributed by atoms with Crippen LogP contribution in [0.1, 0.15) is 27.8 Å². The molecule has 5 heteroatoms. The van der Waals surface area contributed by atoms with Crippen molar-refractivity contribution < 1.29 is 9.47 Å². The number of hydrogen-bond acceptors (Lipinski definition) is 5. The van der Waals surface area contributed by atoms with E-state index in [1.165, 1.54) is 16.7 Å². The van der Waals surface area contributed by atoms with Crippen molar-refractivity contribution in [3.8, 4) is 11.5 Å². The summed E-state index contributed by atoms with van der Waals surface area (Å²) in [5.41, 5.74) is 6.56. The van der Waals surface area contributed by atoms with Gasteiger partial charge in [0.2, 0.25) is 0 Å². The second kappa shape index (κ2) is 9.48. The number of benzene rings is 2. The molecule has 2 aromatic heterocycles. The standard InChI is InChI=1S/C29H27N3O2/c1-33-26-16-24-25(17-27(26)34-2)29(18-21-8-12-30-13-9-21,19-22-10-14-31-15-11-22)20-32-28(24)23-6-4-3-5-7-23/h3-17H,18-20H2,1-2H3. The van der Waals surface area contributed by atoms with Crippen LogP contribution in [0.3, 0.4) is 0 Å². The number of pyridine rings is 2. The number of nitrogens with zero attached hydrogens (tertiary/aromatic N) is 3. The molecule has 0 radical (unpaired) electrons. The first-order valence-corrected chi connectivity index (χ1v) is 11.4. The molecule has 2 aromatic carbocycles. The molecule has 1 aliphatic heterocycles. The van der Waals surface area contributed by atoms with E-state index in [1.807, 2.05) is 43.0 Å². The van der Waals surface area contributed by atoms with E-state index < -0.39 is 0 Å². The molecule has 0 saturated carbocycles. The van der Waals surface area contributed by atoms with E-state index in [4.69, 9.17) is 14.5 Å². The maximum atomic E-state index is 5.75. The molecule has 5 rings (SSSR count). The molecular weight excluding hydrogens is 422 g/mol. The molecule has 0 unspecified atom stereocenters. The summed E-state index contributed by atoms with van der Waals surface area (Å²) >= 11 is 0. The summed E-state index contributed by atoms with van der Waals surface area (Å²) in [5, 5.41) is 0. The van der Waals surface area contributed by atoms with Crippen LogP contribution in [-0.4, -0.2) is 36.4 Å². The molecule has 0 aliphatic carbocycles. The molecule has 0 bridgehead atoms. The van der Waals surface area contributed by atoms with Crippen molar-refractivity contribution in [2.75, 3.05) is 20.8 Å². The molecule has 0 spiro atoms. The van der Waals surface area contributed by atoms with Gasteiger partial charge in [0.05, 0.1) is 26.5 Å². The predicted octanol–water partition coefficient (Wildman–Crippen LogP) is 5.07. The third kappa shape index (κ3) is 4.17. The average molecular weight is 450 g/mol. The summed E-state index contributed by atoms with van der Waals surface area (Å²) in [7, 11) is 3.36. The van der Waals surface area contributed by atoms with Crippen molar-refractivity contribution in [1.82, 2.24) is 9.97 Å². The number of hydrogen-bond donors (Lipinski definition) is 0. The van der Waals surface area contributed by atoms with E-state index >= 15 is 0 Å². The summed E-state index contributed by atoms with van der Waals surface area (Å²) < 4.78 is 11.4. The second-order valence-electron chi connectivity index (χ2n) is 8.63. The summed E-state index contributed by atoms with van der Waals surface area (Å²) in [6.45, 7) is 0.657. The van der Waals surface area contributed by atoms with Crippen LogP contribution in [0.4, 0.5) is 0 Å². The van der Waals surface area contributed by atoms with E-state index in [-0.39, 0.29) is 5.41 Å². The molecule has 0 fully saturated rings. The Bertz CT molecular complexity index is 1250. The SMILES string of the molecule is COc1cc2c(cc1OC)C(Cc1ccncc1)(Cc1ccncc1)CN=C2c1ccccc1. The van der Waals surface area contributed by atoms with E-state index in [0.717, 1.165) is 35.4 Å². The monoisotopic (exact) mass is 449 g/mol. The number of fused-ring (bicyclic) bond motifs is 1. The summed E-state index contributed by atoms with van der Waals surface area (Å²) in [4.78, 5) is 13.6. The van der Waals surface area contributed by atoms with Gasteiger partial charge in [-0.05, 0) is 65.9 Å². The van der Waals surface area contributed by atoms with Gasteiger partial charge in [0.1, 0.15) is 0 Å². The highest BCUT2D eigenvalue weighted by molar-refractivity contribution is 6.15. The smallest absolute Gasteiger partial charge is 0.161 e. The fourth-order valence-corrected chi connectivity index (χ4v) is 4.90. The quantitative estimate of drug-likeness (QED) is 0.395. The second-order valence-corrected chi connectivity index (χ2v) is 8.63. The molecule has 1 aliphatic rings. The fourth-order valence-electron chi connectivity index (χ4n) is 4.90. The molecule has 34 heavy (non-hydrogen) atoms. The first-order valence-electron chi connectivity index (χ1n) is 11.4. The van der Waals surface area contributed by atoms with Gasteiger partial charge in [0.25, 0.3) is 0 Å². The zero-order chi connectivity index (χ0) is 23.4. The van der Waals surface area contributed by atoms with Gasteiger partial charge in [-0.1, -0.05) is 30.3 Å². The normalized spacial score (nSPS) is 14.1. The van der Waals surface area contributed by atoms with Crippen LogP contribution in [0.25, 0.3) is 0 Å². The van der Waals surface area contributed by atoms with Crippen LogP contribution >= 0.6 is 0 Å². The number of aliphatic imine (C=N–C) groups is 1. The molecular formula is C29H27N3O2. The van der Waals surface area contributed by atoms with Gasteiger partial charge in [0, 0.05) is 41.3 Å². The molecule has 170 valence electrons. The van der Waals surface area contributed by atoms with Crippen LogP contribution in [0.15, 0.2) is 96.5 Å². The lowest BCUT2D eigenvalue weighted by Gasteiger charge is -2.39. The zero-order valence-electron chi connectivity index (χ0n) is 19.4. The van der Waals surface area contributed by atoms with Gasteiger partial charge >= 0.3 is 0 Å².